The zero-order valence-electron chi connectivity index (χ0n) is 12.0. The molecule has 7 heteroatoms. The Labute approximate surface area is 118 Å². The van der Waals surface area contributed by atoms with Crippen molar-refractivity contribution >= 4 is 17.5 Å². The molecular weight excluding hydrogens is 258 g/mol. The van der Waals surface area contributed by atoms with Gasteiger partial charge in [-0.05, 0) is 13.8 Å². The smallest absolute Gasteiger partial charge is 0.224 e. The lowest BCUT2D eigenvalue weighted by Gasteiger charge is -2.26. The molecule has 1 aliphatic rings. The number of nitrogens with zero attached hydrogens (tertiary/aromatic N) is 3. The number of carbonyl (C=O) groups is 1. The van der Waals surface area contributed by atoms with Crippen molar-refractivity contribution in [2.75, 3.05) is 43.9 Å². The number of amides is 1. The highest BCUT2D eigenvalue weighted by Crippen LogP contribution is 2.16. The minimum absolute atomic E-state index is 0.136. The van der Waals surface area contributed by atoms with E-state index in [1.165, 1.54) is 0 Å². The lowest BCUT2D eigenvalue weighted by Crippen LogP contribution is -2.41. The molecule has 7 nitrogen and oxygen atoms in total. The quantitative estimate of drug-likeness (QED) is 0.825. The average Bonchev–Trinajstić information content (AvgIpc) is 2.44. The van der Waals surface area contributed by atoms with E-state index >= 15 is 0 Å². The van der Waals surface area contributed by atoms with Crippen LogP contribution in [0.25, 0.3) is 0 Å². The van der Waals surface area contributed by atoms with Gasteiger partial charge in [-0.3, -0.25) is 4.79 Å². The van der Waals surface area contributed by atoms with E-state index < -0.39 is 0 Å². The molecule has 0 atom stereocenters. The van der Waals surface area contributed by atoms with Crippen LogP contribution in [0, 0.1) is 13.8 Å². The van der Waals surface area contributed by atoms with E-state index in [0.717, 1.165) is 5.56 Å². The van der Waals surface area contributed by atoms with Crippen molar-refractivity contribution in [1.29, 1.82) is 0 Å². The van der Waals surface area contributed by atoms with Crippen molar-refractivity contribution in [2.24, 2.45) is 0 Å². The van der Waals surface area contributed by atoms with Gasteiger partial charge >= 0.3 is 0 Å². The molecule has 20 heavy (non-hydrogen) atoms. The molecule has 0 saturated carbocycles. The van der Waals surface area contributed by atoms with E-state index in [4.69, 9.17) is 10.5 Å². The van der Waals surface area contributed by atoms with Crippen molar-refractivity contribution in [3.63, 3.8) is 0 Å². The molecule has 1 amide bonds. The number of anilines is 2. The number of hydrogen-bond donors (Lipinski definition) is 2. The topological polar surface area (TPSA) is 93.4 Å². The SMILES string of the molecule is Cc1nc(N)c(C)c(NCCC(=O)N2CCOCC2)n1. The van der Waals surface area contributed by atoms with E-state index in [2.05, 4.69) is 15.3 Å². The molecule has 0 aliphatic carbocycles. The van der Waals surface area contributed by atoms with Crippen LogP contribution in [-0.4, -0.2) is 53.6 Å². The first kappa shape index (κ1) is 14.5. The molecular formula is C13H21N5O2. The number of ether oxygens (including phenoxy) is 1. The number of nitrogens with one attached hydrogen (secondary N) is 1. The fourth-order valence-corrected chi connectivity index (χ4v) is 2.08. The second-order valence-corrected chi connectivity index (χ2v) is 4.80. The number of nitrogens with two attached hydrogens (primary N) is 1. The van der Waals surface area contributed by atoms with Crippen molar-refractivity contribution in [3.05, 3.63) is 11.4 Å². The first-order valence-electron chi connectivity index (χ1n) is 6.78. The summed E-state index contributed by atoms with van der Waals surface area (Å²) in [5, 5.41) is 3.15. The fraction of sp³-hybridized carbons (Fsp3) is 0.615. The predicted molar refractivity (Wildman–Crippen MR) is 76.4 cm³/mol. The van der Waals surface area contributed by atoms with Gasteiger partial charge in [0.05, 0.1) is 13.2 Å². The van der Waals surface area contributed by atoms with Crippen LogP contribution < -0.4 is 11.1 Å². The van der Waals surface area contributed by atoms with Crippen LogP contribution in [0.2, 0.25) is 0 Å². The Bertz CT molecular complexity index is 486. The highest BCUT2D eigenvalue weighted by atomic mass is 16.5. The van der Waals surface area contributed by atoms with E-state index in [9.17, 15) is 4.79 Å². The third kappa shape index (κ3) is 3.57. The molecule has 1 saturated heterocycles. The molecule has 0 radical (unpaired) electrons. The summed E-state index contributed by atoms with van der Waals surface area (Å²) in [6, 6.07) is 0. The maximum atomic E-state index is 12.0. The van der Waals surface area contributed by atoms with E-state index in [1.807, 2.05) is 11.8 Å². The lowest BCUT2D eigenvalue weighted by molar-refractivity contribution is -0.134. The summed E-state index contributed by atoms with van der Waals surface area (Å²) < 4.78 is 5.23. The van der Waals surface area contributed by atoms with Crippen LogP contribution in [-0.2, 0) is 9.53 Å². The van der Waals surface area contributed by atoms with Gasteiger partial charge in [-0.15, -0.1) is 0 Å². The molecule has 110 valence electrons. The third-order valence-electron chi connectivity index (χ3n) is 3.29. The minimum atomic E-state index is 0.136. The van der Waals surface area contributed by atoms with E-state index in [0.29, 0.717) is 56.7 Å². The lowest BCUT2D eigenvalue weighted by atomic mass is 10.3. The second-order valence-electron chi connectivity index (χ2n) is 4.80. The average molecular weight is 279 g/mol. The Kier molecular flexibility index (Phi) is 4.73. The highest BCUT2D eigenvalue weighted by molar-refractivity contribution is 5.76. The molecule has 0 bridgehead atoms. The van der Waals surface area contributed by atoms with Crippen LogP contribution in [0.1, 0.15) is 17.8 Å². The van der Waals surface area contributed by atoms with Crippen molar-refractivity contribution in [1.82, 2.24) is 14.9 Å². The van der Waals surface area contributed by atoms with Gasteiger partial charge in [-0.1, -0.05) is 0 Å². The van der Waals surface area contributed by atoms with Crippen LogP contribution in [0.4, 0.5) is 11.6 Å². The number of morpholine rings is 1. The molecule has 3 N–H and O–H groups in total. The van der Waals surface area contributed by atoms with Crippen LogP contribution in [0.5, 0.6) is 0 Å². The third-order valence-corrected chi connectivity index (χ3v) is 3.29. The van der Waals surface area contributed by atoms with Gasteiger partial charge in [0.15, 0.2) is 0 Å². The van der Waals surface area contributed by atoms with Gasteiger partial charge in [0, 0.05) is 31.6 Å². The number of aryl methyl sites for hydroxylation is 1. The molecule has 2 heterocycles. The van der Waals surface area contributed by atoms with Gasteiger partial charge in [0.1, 0.15) is 17.5 Å². The summed E-state index contributed by atoms with van der Waals surface area (Å²) in [6.45, 7) is 6.79. The van der Waals surface area contributed by atoms with Gasteiger partial charge in [0.25, 0.3) is 0 Å². The largest absolute Gasteiger partial charge is 0.383 e. The van der Waals surface area contributed by atoms with E-state index in [1.54, 1.807) is 6.92 Å². The Morgan fingerprint density at radius 2 is 2.05 bits per heavy atom. The maximum absolute atomic E-state index is 12.0. The molecule has 1 aliphatic heterocycles. The molecule has 1 aromatic rings. The first-order valence-corrected chi connectivity index (χ1v) is 6.78. The Hall–Kier alpha value is -1.89. The van der Waals surface area contributed by atoms with E-state index in [-0.39, 0.29) is 5.91 Å². The van der Waals surface area contributed by atoms with Crippen LogP contribution in [0.15, 0.2) is 0 Å². The predicted octanol–water partition coefficient (Wildman–Crippen LogP) is 0.336. The molecule has 1 aromatic heterocycles. The number of hydrogen-bond acceptors (Lipinski definition) is 6. The molecule has 2 rings (SSSR count). The molecule has 0 spiro atoms. The summed E-state index contributed by atoms with van der Waals surface area (Å²) in [5.41, 5.74) is 6.60. The van der Waals surface area contributed by atoms with Crippen LogP contribution in [0.3, 0.4) is 0 Å². The highest BCUT2D eigenvalue weighted by Gasteiger charge is 2.16. The van der Waals surface area contributed by atoms with Crippen molar-refractivity contribution in [2.45, 2.75) is 20.3 Å². The first-order chi connectivity index (χ1) is 9.58. The van der Waals surface area contributed by atoms with Crippen molar-refractivity contribution in [3.8, 4) is 0 Å². The van der Waals surface area contributed by atoms with Crippen LogP contribution >= 0.6 is 0 Å². The fourth-order valence-electron chi connectivity index (χ4n) is 2.08. The summed E-state index contributed by atoms with van der Waals surface area (Å²) >= 11 is 0. The van der Waals surface area contributed by atoms with Gasteiger partial charge in [-0.2, -0.15) is 0 Å². The molecule has 0 aromatic carbocycles. The Morgan fingerprint density at radius 3 is 2.75 bits per heavy atom. The standard InChI is InChI=1S/C13H21N5O2/c1-9-12(14)16-10(2)17-13(9)15-4-3-11(19)18-5-7-20-8-6-18/h3-8H2,1-2H3,(H3,14,15,16,17). The zero-order chi connectivity index (χ0) is 14.5. The number of rotatable bonds is 4. The summed E-state index contributed by atoms with van der Waals surface area (Å²) in [4.78, 5) is 22.2. The Morgan fingerprint density at radius 1 is 1.35 bits per heavy atom. The Balaban J connectivity index is 1.85. The summed E-state index contributed by atoms with van der Waals surface area (Å²) in [5.74, 6) is 1.93. The maximum Gasteiger partial charge on any atom is 0.224 e. The summed E-state index contributed by atoms with van der Waals surface area (Å²) in [6.07, 6.45) is 0.433. The number of carbonyl (C=O) groups excluding carboxylic acids is 1. The number of aromatic nitrogens is 2. The summed E-state index contributed by atoms with van der Waals surface area (Å²) in [7, 11) is 0. The molecule has 1 fully saturated rings. The zero-order valence-corrected chi connectivity index (χ0v) is 12.0. The minimum Gasteiger partial charge on any atom is -0.383 e. The van der Waals surface area contributed by atoms with Gasteiger partial charge < -0.3 is 20.7 Å². The normalized spacial score (nSPS) is 15.2. The number of nitrogen functional groups attached to an aromatic ring is 1. The monoisotopic (exact) mass is 279 g/mol. The second kappa shape index (κ2) is 6.51. The molecule has 0 unspecified atom stereocenters. The van der Waals surface area contributed by atoms with Crippen molar-refractivity contribution < 1.29 is 9.53 Å². The van der Waals surface area contributed by atoms with Gasteiger partial charge in [0.2, 0.25) is 5.91 Å². The van der Waals surface area contributed by atoms with Gasteiger partial charge in [-0.25, -0.2) is 9.97 Å².